The first kappa shape index (κ1) is 23.8. The van der Waals surface area contributed by atoms with E-state index in [0.29, 0.717) is 17.4 Å². The molecule has 2 aromatic carbocycles. The Morgan fingerprint density at radius 2 is 1.94 bits per heavy atom. The van der Waals surface area contributed by atoms with Crippen LogP contribution in [0.3, 0.4) is 0 Å². The Bertz CT molecular complexity index is 1330. The number of aromatic nitrogens is 3. The summed E-state index contributed by atoms with van der Waals surface area (Å²) in [7, 11) is 0. The Balaban J connectivity index is 1.27. The maximum Gasteiger partial charge on any atom is 0.222 e. The summed E-state index contributed by atoms with van der Waals surface area (Å²) in [5.74, 6) is 1.46. The van der Waals surface area contributed by atoms with Crippen molar-refractivity contribution >= 4 is 44.9 Å². The summed E-state index contributed by atoms with van der Waals surface area (Å²) in [6, 6.07) is 19.9. The predicted octanol–water partition coefficient (Wildman–Crippen LogP) is 6.10. The van der Waals surface area contributed by atoms with E-state index in [4.69, 9.17) is 16.6 Å². The maximum atomic E-state index is 12.9. The molecule has 8 heteroatoms. The van der Waals surface area contributed by atoms with E-state index in [9.17, 15) is 4.79 Å². The number of nitrogens with zero attached hydrogens (tertiary/aromatic N) is 4. The van der Waals surface area contributed by atoms with Gasteiger partial charge < -0.3 is 10.2 Å². The van der Waals surface area contributed by atoms with Gasteiger partial charge in [-0.05, 0) is 52.7 Å². The van der Waals surface area contributed by atoms with E-state index in [-0.39, 0.29) is 5.91 Å². The van der Waals surface area contributed by atoms with Crippen LogP contribution in [-0.4, -0.2) is 45.0 Å². The van der Waals surface area contributed by atoms with Gasteiger partial charge in [-0.1, -0.05) is 60.1 Å². The molecule has 1 aliphatic heterocycles. The molecule has 2 aromatic heterocycles. The highest BCUT2D eigenvalue weighted by atomic mass is 79.9. The van der Waals surface area contributed by atoms with E-state index in [1.807, 2.05) is 53.4 Å². The third-order valence-corrected chi connectivity index (χ3v) is 7.38. The first-order chi connectivity index (χ1) is 17.1. The summed E-state index contributed by atoms with van der Waals surface area (Å²) in [5, 5.41) is 8.71. The van der Waals surface area contributed by atoms with Gasteiger partial charge in [-0.2, -0.15) is 9.61 Å². The minimum atomic E-state index is 0.238. The van der Waals surface area contributed by atoms with Crippen LogP contribution in [0.1, 0.15) is 24.8 Å². The van der Waals surface area contributed by atoms with Crippen LogP contribution < -0.4 is 5.32 Å². The van der Waals surface area contributed by atoms with Crippen LogP contribution in [0.2, 0.25) is 5.02 Å². The summed E-state index contributed by atoms with van der Waals surface area (Å²) in [5.41, 5.74) is 3.59. The molecule has 1 aliphatic rings. The zero-order valence-electron chi connectivity index (χ0n) is 19.3. The summed E-state index contributed by atoms with van der Waals surface area (Å²) >= 11 is 10.0. The number of carbonyl (C=O) groups excluding carboxylic acids is 1. The number of amides is 1. The first-order valence-electron chi connectivity index (χ1n) is 11.9. The number of hydrogen-bond donors (Lipinski definition) is 1. The number of carbonyl (C=O) groups is 1. The normalized spacial score (nSPS) is 15.9. The zero-order chi connectivity index (χ0) is 24.2. The number of nitrogens with one attached hydrogen (secondary N) is 1. The molecule has 35 heavy (non-hydrogen) atoms. The van der Waals surface area contributed by atoms with Crippen molar-refractivity contribution in [2.45, 2.75) is 25.7 Å². The molecule has 0 saturated carbocycles. The van der Waals surface area contributed by atoms with Crippen LogP contribution >= 0.6 is 27.5 Å². The van der Waals surface area contributed by atoms with Crippen molar-refractivity contribution in [2.75, 3.05) is 25.0 Å². The highest BCUT2D eigenvalue weighted by molar-refractivity contribution is 9.10. The Morgan fingerprint density at radius 3 is 2.77 bits per heavy atom. The Kier molecular flexibility index (Phi) is 7.35. The fourth-order valence-electron chi connectivity index (χ4n) is 4.63. The number of likely N-dealkylation sites (tertiary alicyclic amines) is 1. The molecular formula is C27H27BrClN5O. The number of rotatable bonds is 7. The minimum absolute atomic E-state index is 0.238. The lowest BCUT2D eigenvalue weighted by Gasteiger charge is -2.33. The number of halogens is 2. The summed E-state index contributed by atoms with van der Waals surface area (Å²) < 4.78 is 2.62. The minimum Gasteiger partial charge on any atom is -0.370 e. The molecule has 1 unspecified atom stereocenters. The van der Waals surface area contributed by atoms with Crippen molar-refractivity contribution in [3.05, 3.63) is 81.9 Å². The molecule has 1 atom stereocenters. The van der Waals surface area contributed by atoms with E-state index >= 15 is 0 Å². The fourth-order valence-corrected chi connectivity index (χ4v) is 5.21. The summed E-state index contributed by atoms with van der Waals surface area (Å²) in [4.78, 5) is 19.7. The maximum absolute atomic E-state index is 12.9. The summed E-state index contributed by atoms with van der Waals surface area (Å²) in [6.07, 6.45) is 5.19. The molecular weight excluding hydrogens is 526 g/mol. The number of benzene rings is 2. The van der Waals surface area contributed by atoms with Crippen molar-refractivity contribution < 1.29 is 4.79 Å². The number of hydrogen-bond acceptors (Lipinski definition) is 4. The molecule has 0 bridgehead atoms. The molecule has 3 heterocycles. The monoisotopic (exact) mass is 551 g/mol. The van der Waals surface area contributed by atoms with Gasteiger partial charge in [0.1, 0.15) is 5.82 Å². The molecule has 180 valence electrons. The molecule has 0 aliphatic carbocycles. The van der Waals surface area contributed by atoms with Gasteiger partial charge in [-0.25, -0.2) is 4.98 Å². The molecule has 1 saturated heterocycles. The second-order valence-corrected chi connectivity index (χ2v) is 10.2. The number of aryl methyl sites for hydroxylation is 1. The van der Waals surface area contributed by atoms with Gasteiger partial charge in [0.2, 0.25) is 5.91 Å². The smallest absolute Gasteiger partial charge is 0.222 e. The molecule has 0 radical (unpaired) electrons. The fraction of sp³-hybridized carbons (Fsp3) is 0.296. The Labute approximate surface area is 218 Å². The second kappa shape index (κ2) is 10.8. The average molecular weight is 553 g/mol. The molecule has 6 nitrogen and oxygen atoms in total. The molecule has 5 rings (SSSR count). The second-order valence-electron chi connectivity index (χ2n) is 8.95. The third kappa shape index (κ3) is 5.52. The van der Waals surface area contributed by atoms with Crippen molar-refractivity contribution in [3.63, 3.8) is 0 Å². The van der Waals surface area contributed by atoms with E-state index in [2.05, 4.69) is 38.5 Å². The largest absolute Gasteiger partial charge is 0.370 e. The predicted molar refractivity (Wildman–Crippen MR) is 144 cm³/mol. The first-order valence-corrected chi connectivity index (χ1v) is 13.1. The highest BCUT2D eigenvalue weighted by Crippen LogP contribution is 2.30. The average Bonchev–Trinajstić information content (AvgIpc) is 3.27. The molecule has 0 spiro atoms. The van der Waals surface area contributed by atoms with E-state index in [1.54, 1.807) is 10.7 Å². The van der Waals surface area contributed by atoms with Gasteiger partial charge in [0.15, 0.2) is 5.65 Å². The van der Waals surface area contributed by atoms with Gasteiger partial charge in [0.05, 0.1) is 16.4 Å². The molecule has 1 N–H and O–H groups in total. The van der Waals surface area contributed by atoms with Crippen molar-refractivity contribution in [3.8, 4) is 11.3 Å². The molecule has 4 aromatic rings. The van der Waals surface area contributed by atoms with Crippen LogP contribution in [0.15, 0.2) is 71.3 Å². The standard InChI is InChI=1S/C27H27BrClN5O/c28-22-17-31-34-25(15-24(32-27(22)34)21-10-4-5-11-23(21)29)30-16-20-9-6-14-33(18-20)26(35)13-12-19-7-2-1-3-8-19/h1-5,7-8,10-11,15,17,20,30H,6,9,12-14,16,18H2. The van der Waals surface area contributed by atoms with Gasteiger partial charge in [0.25, 0.3) is 0 Å². The quantitative estimate of drug-likeness (QED) is 0.301. The van der Waals surface area contributed by atoms with Crippen molar-refractivity contribution in [2.24, 2.45) is 5.92 Å². The van der Waals surface area contributed by atoms with E-state index < -0.39 is 0 Å². The van der Waals surface area contributed by atoms with Crippen molar-refractivity contribution in [1.29, 1.82) is 0 Å². The van der Waals surface area contributed by atoms with Gasteiger partial charge in [-0.15, -0.1) is 0 Å². The van der Waals surface area contributed by atoms with Gasteiger partial charge in [0, 0.05) is 42.7 Å². The van der Waals surface area contributed by atoms with Crippen molar-refractivity contribution in [1.82, 2.24) is 19.5 Å². The number of fused-ring (bicyclic) bond motifs is 1. The lowest BCUT2D eigenvalue weighted by molar-refractivity contribution is -0.132. The number of anilines is 1. The van der Waals surface area contributed by atoms with Crippen LogP contribution in [-0.2, 0) is 11.2 Å². The van der Waals surface area contributed by atoms with E-state index in [0.717, 1.165) is 66.1 Å². The molecule has 1 fully saturated rings. The highest BCUT2D eigenvalue weighted by Gasteiger charge is 2.24. The SMILES string of the molecule is O=C(CCc1ccccc1)N1CCCC(CNc2cc(-c3ccccc3Cl)nc3c(Br)cnn23)C1. The van der Waals surface area contributed by atoms with E-state index in [1.165, 1.54) is 5.56 Å². The van der Waals surface area contributed by atoms with Gasteiger partial charge >= 0.3 is 0 Å². The van der Waals surface area contributed by atoms with Crippen LogP contribution in [0.4, 0.5) is 5.82 Å². The lowest BCUT2D eigenvalue weighted by Crippen LogP contribution is -2.42. The van der Waals surface area contributed by atoms with Crippen LogP contribution in [0.5, 0.6) is 0 Å². The topological polar surface area (TPSA) is 62.5 Å². The lowest BCUT2D eigenvalue weighted by atomic mass is 9.97. The third-order valence-electron chi connectivity index (χ3n) is 6.49. The Morgan fingerprint density at radius 1 is 1.14 bits per heavy atom. The van der Waals surface area contributed by atoms with Gasteiger partial charge in [-0.3, -0.25) is 4.79 Å². The summed E-state index contributed by atoms with van der Waals surface area (Å²) in [6.45, 7) is 2.36. The van der Waals surface area contributed by atoms with Crippen LogP contribution in [0, 0.1) is 5.92 Å². The van der Waals surface area contributed by atoms with Crippen LogP contribution in [0.25, 0.3) is 16.9 Å². The molecule has 1 amide bonds. The number of piperidine rings is 1. The Hall–Kier alpha value is -2.90. The zero-order valence-corrected chi connectivity index (χ0v) is 21.7.